The Morgan fingerprint density at radius 1 is 1.75 bits per heavy atom. The molecule has 0 aromatic heterocycles. The minimum atomic E-state index is -1.83. The van der Waals surface area contributed by atoms with E-state index in [1.54, 1.807) is 0 Å². The maximum atomic E-state index is 9.01. The summed E-state index contributed by atoms with van der Waals surface area (Å²) < 4.78 is 18.0. The molecule has 0 atom stereocenters. The Labute approximate surface area is 29.4 Å². The topological polar surface area (TPSA) is 34.1 Å². The van der Waals surface area contributed by atoms with Gasteiger partial charge in [0.1, 0.15) is 8.95 Å². The van der Waals surface area contributed by atoms with Crippen LogP contribution in [0.15, 0.2) is 0 Å². The zero-order chi connectivity index (χ0) is 3.58. The molecule has 0 aliphatic heterocycles. The molecule has 0 aromatic rings. The van der Waals surface area contributed by atoms with Crippen LogP contribution in [0.4, 0.5) is 0 Å². The fourth-order valence-electron chi connectivity index (χ4n) is 0. The molecular formula is H4O2SSi. The molecular weight excluding hydrogens is 92.2 g/mol. The highest BCUT2D eigenvalue weighted by molar-refractivity contribution is 7.76. The van der Waals surface area contributed by atoms with Crippen molar-refractivity contribution in [2.24, 2.45) is 0 Å². The lowest BCUT2D eigenvalue weighted by atomic mass is 15.9. The van der Waals surface area contributed by atoms with Crippen LogP contribution in [-0.2, 0) is 9.70 Å². The maximum Gasteiger partial charge on any atom is 0.157 e. The highest BCUT2D eigenvalue weighted by Crippen LogP contribution is 1.06. The molecule has 4 heteroatoms. The summed E-state index contributed by atoms with van der Waals surface area (Å²) in [6.45, 7) is 0. The van der Waals surface area contributed by atoms with Gasteiger partial charge in [-0.1, -0.05) is 0 Å². The molecule has 0 rings (SSSR count). The van der Waals surface area contributed by atoms with Gasteiger partial charge in [0, 0.05) is 1.43 Å². The molecule has 0 N–H and O–H groups in total. The first-order valence-electron chi connectivity index (χ1n) is 0.622. The Kier molecular flexibility index (Phi) is 1.38. The van der Waals surface area contributed by atoms with Gasteiger partial charge in [0.2, 0.25) is 0 Å². The van der Waals surface area contributed by atoms with E-state index in [1.165, 1.54) is 0 Å². The average molecular weight is 96.2 g/mol. The predicted octanol–water partition coefficient (Wildman–Crippen LogP) is -1.34. The molecule has 0 aliphatic carbocycles. The first-order valence-corrected chi connectivity index (χ1v) is 3.60. The standard InChI is InChI=1S/H2O2SSi.H2/c1-3(2)4;/h4H2;1H. The van der Waals surface area contributed by atoms with E-state index in [0.717, 1.165) is 8.95 Å². The molecule has 0 heterocycles. The van der Waals surface area contributed by atoms with Crippen molar-refractivity contribution in [3.8, 4) is 0 Å². The van der Waals surface area contributed by atoms with Crippen molar-refractivity contribution in [1.82, 2.24) is 0 Å². The summed E-state index contributed by atoms with van der Waals surface area (Å²) in [6, 6.07) is 0. The van der Waals surface area contributed by atoms with Gasteiger partial charge in [-0.2, -0.15) is 8.42 Å². The largest absolute Gasteiger partial charge is 0.195 e. The van der Waals surface area contributed by atoms with E-state index in [4.69, 9.17) is 8.42 Å². The summed E-state index contributed by atoms with van der Waals surface area (Å²) in [6.07, 6.45) is 0. The summed E-state index contributed by atoms with van der Waals surface area (Å²) in [5.74, 6) is 0. The first-order chi connectivity index (χ1) is 1.73. The van der Waals surface area contributed by atoms with Crippen molar-refractivity contribution in [3.63, 3.8) is 0 Å². The lowest BCUT2D eigenvalue weighted by molar-refractivity contribution is 0.628. The van der Waals surface area contributed by atoms with Crippen LogP contribution < -0.4 is 0 Å². The second kappa shape index (κ2) is 1.37. The van der Waals surface area contributed by atoms with Gasteiger partial charge in [-0.05, 0) is 0 Å². The van der Waals surface area contributed by atoms with Gasteiger partial charge in [-0.15, -0.1) is 0 Å². The Balaban J connectivity index is 0. The number of hydrogen-bond donors (Lipinski definition) is 0. The third-order valence-corrected chi connectivity index (χ3v) is 0. The van der Waals surface area contributed by atoms with E-state index in [-0.39, 0.29) is 1.43 Å². The Morgan fingerprint density at radius 3 is 1.75 bits per heavy atom. The lowest BCUT2D eigenvalue weighted by Crippen LogP contribution is -1.41. The molecule has 0 aliphatic rings. The van der Waals surface area contributed by atoms with Crippen molar-refractivity contribution >= 4 is 18.7 Å². The number of rotatable bonds is 0. The SMILES string of the molecule is O=S(=O)=[SiH2].[HH]. The van der Waals surface area contributed by atoms with E-state index in [0.29, 0.717) is 0 Å². The molecule has 0 saturated carbocycles. The van der Waals surface area contributed by atoms with Crippen LogP contribution >= 0.6 is 0 Å². The Morgan fingerprint density at radius 2 is 1.75 bits per heavy atom. The monoisotopic (exact) mass is 96.0 g/mol. The van der Waals surface area contributed by atoms with Crippen LogP contribution in [0.5, 0.6) is 0 Å². The molecule has 2 nitrogen and oxygen atoms in total. The number of hydrogen-bond acceptors (Lipinski definition) is 2. The molecule has 26 valence electrons. The van der Waals surface area contributed by atoms with E-state index in [1.807, 2.05) is 0 Å². The van der Waals surface area contributed by atoms with Crippen LogP contribution in [0.2, 0.25) is 0 Å². The van der Waals surface area contributed by atoms with Crippen molar-refractivity contribution < 1.29 is 9.84 Å². The molecule has 0 bridgehead atoms. The van der Waals surface area contributed by atoms with Crippen molar-refractivity contribution in [3.05, 3.63) is 0 Å². The molecule has 0 amide bonds. The maximum absolute atomic E-state index is 9.01. The molecule has 0 saturated heterocycles. The van der Waals surface area contributed by atoms with Gasteiger partial charge in [-0.25, -0.2) is 0 Å². The fourth-order valence-corrected chi connectivity index (χ4v) is 0. The zero-order valence-electron chi connectivity index (χ0n) is 1.93. The van der Waals surface area contributed by atoms with Crippen LogP contribution in [0.25, 0.3) is 0 Å². The zero-order valence-corrected chi connectivity index (χ0v) is 4.16. The third kappa shape index (κ3) is 1610. The van der Waals surface area contributed by atoms with Crippen molar-refractivity contribution in [2.75, 3.05) is 0 Å². The molecule has 0 unspecified atom stereocenters. The van der Waals surface area contributed by atoms with Gasteiger partial charge in [0.25, 0.3) is 0 Å². The summed E-state index contributed by atoms with van der Waals surface area (Å²) in [7, 11) is -0.914. The minimum absolute atomic E-state index is 0. The fraction of sp³-hybridized carbons (Fsp3) is 0. The summed E-state index contributed by atoms with van der Waals surface area (Å²) in [5, 5.41) is 0. The minimum Gasteiger partial charge on any atom is -0.195 e. The molecule has 0 fully saturated rings. The highest BCUT2D eigenvalue weighted by Gasteiger charge is 1.28. The summed E-state index contributed by atoms with van der Waals surface area (Å²) in [4.78, 5) is 0. The van der Waals surface area contributed by atoms with Gasteiger partial charge < -0.3 is 0 Å². The van der Waals surface area contributed by atoms with Gasteiger partial charge in [0.15, 0.2) is 9.70 Å². The normalized spacial score (nSPS) is 6.00. The lowest BCUT2D eigenvalue weighted by Gasteiger charge is -1.20. The van der Waals surface area contributed by atoms with Crippen LogP contribution in [0.1, 0.15) is 1.43 Å². The Hall–Kier alpha value is 0.0369. The van der Waals surface area contributed by atoms with Crippen molar-refractivity contribution in [1.29, 1.82) is 0 Å². The second-order valence-electron chi connectivity index (χ2n) is 0.304. The second-order valence-corrected chi connectivity index (χ2v) is 2.33. The summed E-state index contributed by atoms with van der Waals surface area (Å²) in [5.41, 5.74) is 0. The van der Waals surface area contributed by atoms with Crippen molar-refractivity contribution in [2.45, 2.75) is 0 Å². The van der Waals surface area contributed by atoms with E-state index < -0.39 is 9.70 Å². The van der Waals surface area contributed by atoms with E-state index >= 15 is 0 Å². The third-order valence-electron chi connectivity index (χ3n) is 0. The van der Waals surface area contributed by atoms with Gasteiger partial charge >= 0.3 is 0 Å². The highest BCUT2D eigenvalue weighted by atomic mass is 32.2. The predicted molar refractivity (Wildman–Crippen MR) is 19.6 cm³/mol. The summed E-state index contributed by atoms with van der Waals surface area (Å²) >= 11 is 0. The van der Waals surface area contributed by atoms with Crippen LogP contribution in [0.3, 0.4) is 0 Å². The smallest absolute Gasteiger partial charge is 0.157 e. The van der Waals surface area contributed by atoms with Crippen LogP contribution in [-0.4, -0.2) is 17.4 Å². The van der Waals surface area contributed by atoms with E-state index in [9.17, 15) is 0 Å². The first kappa shape index (κ1) is 4.04. The quantitative estimate of drug-likeness (QED) is 0.350. The van der Waals surface area contributed by atoms with Crippen LogP contribution in [0, 0.1) is 0 Å². The van der Waals surface area contributed by atoms with Gasteiger partial charge in [-0.3, -0.25) is 0 Å². The average Bonchev–Trinajstić information content (AvgIpc) is 0.811. The molecule has 4 heavy (non-hydrogen) atoms. The Bertz CT molecular complexity index is 79.0. The molecule has 0 aromatic carbocycles. The van der Waals surface area contributed by atoms with Gasteiger partial charge in [0.05, 0.1) is 0 Å². The van der Waals surface area contributed by atoms with E-state index in [2.05, 4.69) is 0 Å². The molecule has 0 spiro atoms. The molecule has 0 radical (unpaired) electrons.